The molecule has 0 spiro atoms. The molecule has 0 saturated heterocycles. The van der Waals surface area contributed by atoms with Gasteiger partial charge in [0.05, 0.1) is 16.6 Å². The smallest absolute Gasteiger partial charge is 0.340 e. The number of halogens is 1. The minimum Gasteiger partial charge on any atom is -0.452 e. The molecule has 0 aliphatic heterocycles. The van der Waals surface area contributed by atoms with E-state index >= 15 is 0 Å². The average molecular weight is 332 g/mol. The van der Waals surface area contributed by atoms with Gasteiger partial charge in [-0.15, -0.1) is 0 Å². The third kappa shape index (κ3) is 4.83. The van der Waals surface area contributed by atoms with Gasteiger partial charge in [-0.05, 0) is 31.5 Å². The minimum absolute atomic E-state index is 0.165. The summed E-state index contributed by atoms with van der Waals surface area (Å²) in [5, 5.41) is 3.09. The zero-order valence-electron chi connectivity index (χ0n) is 13.0. The largest absolute Gasteiger partial charge is 0.452 e. The normalized spacial score (nSPS) is 11.6. The summed E-state index contributed by atoms with van der Waals surface area (Å²) >= 11 is 5.91. The van der Waals surface area contributed by atoms with Gasteiger partial charge in [-0.2, -0.15) is 0 Å². The first kappa shape index (κ1) is 17.0. The molecule has 0 bridgehead atoms. The second kappa shape index (κ2) is 7.79. The fourth-order valence-corrected chi connectivity index (χ4v) is 2.27. The Hall–Kier alpha value is -2.33. The van der Waals surface area contributed by atoms with Crippen LogP contribution in [0.15, 0.2) is 48.5 Å². The Labute approximate surface area is 140 Å². The van der Waals surface area contributed by atoms with Crippen LogP contribution in [-0.2, 0) is 9.53 Å². The molecule has 1 atom stereocenters. The number of esters is 1. The van der Waals surface area contributed by atoms with Gasteiger partial charge in [-0.1, -0.05) is 53.6 Å². The maximum Gasteiger partial charge on any atom is 0.340 e. The van der Waals surface area contributed by atoms with E-state index in [1.54, 1.807) is 24.3 Å². The molecule has 1 amide bonds. The fraction of sp³-hybridized carbons (Fsp3) is 0.222. The molecule has 0 fully saturated rings. The average Bonchev–Trinajstić information content (AvgIpc) is 2.53. The van der Waals surface area contributed by atoms with Crippen molar-refractivity contribution in [1.82, 2.24) is 5.32 Å². The molecule has 2 aromatic rings. The van der Waals surface area contributed by atoms with Gasteiger partial charge in [0.2, 0.25) is 0 Å². The highest BCUT2D eigenvalue weighted by Crippen LogP contribution is 2.16. The van der Waals surface area contributed by atoms with Gasteiger partial charge < -0.3 is 10.1 Å². The standard InChI is InChI=1S/C18H18ClNO3/c1-12-7-9-14(10-8-12)13(2)20-17(21)11-23-18(22)15-5-3-4-6-16(15)19/h3-10,13H,11H2,1-2H3,(H,20,21)/t13-/m1/s1. The molecule has 4 nitrogen and oxygen atoms in total. The monoisotopic (exact) mass is 331 g/mol. The number of carbonyl (C=O) groups is 2. The zero-order valence-corrected chi connectivity index (χ0v) is 13.8. The number of hydrogen-bond donors (Lipinski definition) is 1. The van der Waals surface area contributed by atoms with Gasteiger partial charge in [0, 0.05) is 0 Å². The summed E-state index contributed by atoms with van der Waals surface area (Å²) in [6, 6.07) is 14.3. The van der Waals surface area contributed by atoms with E-state index < -0.39 is 5.97 Å². The molecular weight excluding hydrogens is 314 g/mol. The molecule has 0 aliphatic rings. The van der Waals surface area contributed by atoms with E-state index in [0.717, 1.165) is 11.1 Å². The molecule has 0 aliphatic carbocycles. The van der Waals surface area contributed by atoms with Crippen LogP contribution in [0.5, 0.6) is 0 Å². The lowest BCUT2D eigenvalue weighted by atomic mass is 10.1. The van der Waals surface area contributed by atoms with Crippen LogP contribution in [-0.4, -0.2) is 18.5 Å². The summed E-state index contributed by atoms with van der Waals surface area (Å²) in [6.07, 6.45) is 0. The Morgan fingerprint density at radius 1 is 1.13 bits per heavy atom. The third-order valence-electron chi connectivity index (χ3n) is 3.38. The topological polar surface area (TPSA) is 55.4 Å². The zero-order chi connectivity index (χ0) is 16.8. The Morgan fingerprint density at radius 2 is 1.78 bits per heavy atom. The van der Waals surface area contributed by atoms with Crippen LogP contribution in [0.3, 0.4) is 0 Å². The molecule has 5 heteroatoms. The lowest BCUT2D eigenvalue weighted by molar-refractivity contribution is -0.124. The molecule has 0 saturated carbocycles. The highest BCUT2D eigenvalue weighted by Gasteiger charge is 2.14. The Balaban J connectivity index is 1.86. The number of rotatable bonds is 5. The van der Waals surface area contributed by atoms with Crippen LogP contribution in [0.2, 0.25) is 5.02 Å². The predicted octanol–water partition coefficient (Wildman–Crippen LogP) is 3.68. The molecule has 1 N–H and O–H groups in total. The number of aryl methyl sites for hydroxylation is 1. The van der Waals surface area contributed by atoms with Gasteiger partial charge in [0.1, 0.15) is 0 Å². The maximum absolute atomic E-state index is 11.9. The van der Waals surface area contributed by atoms with Crippen molar-refractivity contribution >= 4 is 23.5 Å². The first-order valence-electron chi connectivity index (χ1n) is 7.25. The first-order valence-corrected chi connectivity index (χ1v) is 7.62. The highest BCUT2D eigenvalue weighted by atomic mass is 35.5. The first-order chi connectivity index (χ1) is 11.0. The van der Waals surface area contributed by atoms with Crippen molar-refractivity contribution in [2.45, 2.75) is 19.9 Å². The molecule has 0 heterocycles. The summed E-state index contributed by atoms with van der Waals surface area (Å²) in [5.74, 6) is -0.979. The van der Waals surface area contributed by atoms with E-state index in [9.17, 15) is 9.59 Å². The van der Waals surface area contributed by atoms with Crippen molar-refractivity contribution < 1.29 is 14.3 Å². The number of benzene rings is 2. The van der Waals surface area contributed by atoms with Crippen molar-refractivity contribution in [2.24, 2.45) is 0 Å². The van der Waals surface area contributed by atoms with E-state index in [1.807, 2.05) is 38.1 Å². The van der Waals surface area contributed by atoms with Crippen molar-refractivity contribution in [3.63, 3.8) is 0 Å². The van der Waals surface area contributed by atoms with Crippen LogP contribution >= 0.6 is 11.6 Å². The van der Waals surface area contributed by atoms with Gasteiger partial charge >= 0.3 is 5.97 Å². The number of hydrogen-bond acceptors (Lipinski definition) is 3. The quantitative estimate of drug-likeness (QED) is 0.850. The lowest BCUT2D eigenvalue weighted by Gasteiger charge is -2.14. The van der Waals surface area contributed by atoms with Crippen molar-refractivity contribution in [1.29, 1.82) is 0 Å². The third-order valence-corrected chi connectivity index (χ3v) is 3.71. The second-order valence-corrected chi connectivity index (χ2v) is 5.66. The predicted molar refractivity (Wildman–Crippen MR) is 89.5 cm³/mol. The van der Waals surface area contributed by atoms with Crippen LogP contribution in [0.4, 0.5) is 0 Å². The summed E-state index contributed by atoms with van der Waals surface area (Å²) in [4.78, 5) is 23.8. The van der Waals surface area contributed by atoms with Crippen molar-refractivity contribution in [2.75, 3.05) is 6.61 Å². The molecule has 23 heavy (non-hydrogen) atoms. The van der Waals surface area contributed by atoms with Crippen LogP contribution < -0.4 is 5.32 Å². The SMILES string of the molecule is Cc1ccc([C@@H](C)NC(=O)COC(=O)c2ccccc2Cl)cc1. The van der Waals surface area contributed by atoms with Crippen molar-refractivity contribution in [3.05, 3.63) is 70.2 Å². The highest BCUT2D eigenvalue weighted by molar-refractivity contribution is 6.33. The molecule has 0 aromatic heterocycles. The summed E-state index contributed by atoms with van der Waals surface area (Å²) < 4.78 is 4.99. The van der Waals surface area contributed by atoms with Gasteiger partial charge in [-0.25, -0.2) is 4.79 Å². The van der Waals surface area contributed by atoms with E-state index in [-0.39, 0.29) is 24.1 Å². The molecule has 0 unspecified atom stereocenters. The van der Waals surface area contributed by atoms with E-state index in [0.29, 0.717) is 5.02 Å². The summed E-state index contributed by atoms with van der Waals surface area (Å²) in [6.45, 7) is 3.53. The minimum atomic E-state index is -0.617. The van der Waals surface area contributed by atoms with Gasteiger partial charge in [0.15, 0.2) is 6.61 Å². The van der Waals surface area contributed by atoms with E-state index in [4.69, 9.17) is 16.3 Å². The molecule has 2 rings (SSSR count). The maximum atomic E-state index is 11.9. The molecular formula is C18H18ClNO3. The number of ether oxygens (including phenoxy) is 1. The molecule has 120 valence electrons. The van der Waals surface area contributed by atoms with Crippen LogP contribution in [0.25, 0.3) is 0 Å². The van der Waals surface area contributed by atoms with E-state index in [2.05, 4.69) is 5.32 Å². The second-order valence-electron chi connectivity index (χ2n) is 5.26. The Kier molecular flexibility index (Phi) is 5.77. The molecule has 0 radical (unpaired) electrons. The lowest BCUT2D eigenvalue weighted by Crippen LogP contribution is -2.31. The Bertz CT molecular complexity index is 698. The number of amides is 1. The molecule has 2 aromatic carbocycles. The van der Waals surface area contributed by atoms with E-state index in [1.165, 1.54) is 0 Å². The van der Waals surface area contributed by atoms with Crippen LogP contribution in [0.1, 0.15) is 34.5 Å². The summed E-state index contributed by atoms with van der Waals surface area (Å²) in [5.41, 5.74) is 2.39. The fourth-order valence-electron chi connectivity index (χ4n) is 2.06. The number of carbonyl (C=O) groups excluding carboxylic acids is 2. The Morgan fingerprint density at radius 3 is 2.43 bits per heavy atom. The summed E-state index contributed by atoms with van der Waals surface area (Å²) in [7, 11) is 0. The van der Waals surface area contributed by atoms with Gasteiger partial charge in [0.25, 0.3) is 5.91 Å². The van der Waals surface area contributed by atoms with Crippen molar-refractivity contribution in [3.8, 4) is 0 Å². The van der Waals surface area contributed by atoms with Crippen LogP contribution in [0, 0.1) is 6.92 Å². The number of nitrogens with one attached hydrogen (secondary N) is 1. The van der Waals surface area contributed by atoms with Gasteiger partial charge in [-0.3, -0.25) is 4.79 Å².